The van der Waals surface area contributed by atoms with Crippen molar-refractivity contribution in [2.45, 2.75) is 103 Å². The quantitative estimate of drug-likeness (QED) is 0.227. The van der Waals surface area contributed by atoms with Crippen LogP contribution in [-0.4, -0.2) is 11.7 Å². The minimum absolute atomic E-state index is 0.142. The molecule has 1 nitrogen and oxygen atoms in total. The van der Waals surface area contributed by atoms with Gasteiger partial charge in [0, 0.05) is 0 Å². The van der Waals surface area contributed by atoms with Crippen molar-refractivity contribution in [1.29, 1.82) is 0 Å². The maximum Gasteiger partial charge on any atom is 0.0615 e. The minimum atomic E-state index is 0.142. The minimum Gasteiger partial charge on any atom is -0.392 e. The van der Waals surface area contributed by atoms with E-state index in [2.05, 4.69) is 13.0 Å². The number of aliphatic hydroxyl groups is 1. The van der Waals surface area contributed by atoms with Crippen LogP contribution < -0.4 is 0 Å². The summed E-state index contributed by atoms with van der Waals surface area (Å²) in [7, 11) is 0. The van der Waals surface area contributed by atoms with Gasteiger partial charge >= 0.3 is 0 Å². The molecule has 0 fully saturated rings. The van der Waals surface area contributed by atoms with E-state index in [1.54, 1.807) is 6.08 Å². The van der Waals surface area contributed by atoms with Crippen molar-refractivity contribution in [3.05, 3.63) is 24.3 Å². The van der Waals surface area contributed by atoms with E-state index in [0.29, 0.717) is 0 Å². The highest BCUT2D eigenvalue weighted by molar-refractivity contribution is 5.02. The van der Waals surface area contributed by atoms with Crippen LogP contribution in [0.4, 0.5) is 0 Å². The average molecular weight is 309 g/mol. The molecule has 0 spiro atoms. The number of unbranched alkanes of at least 4 members (excludes halogenated alkanes) is 14. The van der Waals surface area contributed by atoms with E-state index >= 15 is 0 Å². The van der Waals surface area contributed by atoms with Crippen LogP contribution in [0.5, 0.6) is 0 Å². The first-order chi connectivity index (χ1) is 10.9. The lowest BCUT2D eigenvalue weighted by Gasteiger charge is -2.02. The summed E-state index contributed by atoms with van der Waals surface area (Å²) in [5, 5.41) is 8.58. The van der Waals surface area contributed by atoms with E-state index < -0.39 is 0 Å². The highest BCUT2D eigenvalue weighted by Gasteiger charge is 1.93. The summed E-state index contributed by atoms with van der Waals surface area (Å²) in [6.07, 6.45) is 29.0. The summed E-state index contributed by atoms with van der Waals surface area (Å²) in [5.74, 6) is 0. The fourth-order valence-electron chi connectivity index (χ4n) is 2.77. The maximum atomic E-state index is 8.58. The summed E-state index contributed by atoms with van der Waals surface area (Å²) in [6, 6.07) is 0. The molecule has 0 aromatic rings. The molecule has 0 aliphatic carbocycles. The van der Waals surface area contributed by atoms with E-state index in [-0.39, 0.29) is 6.61 Å². The van der Waals surface area contributed by atoms with Crippen LogP contribution in [0.1, 0.15) is 103 Å². The zero-order valence-corrected chi connectivity index (χ0v) is 15.1. The number of hydrogen-bond donors (Lipinski definition) is 1. The molecule has 0 amide bonds. The van der Waals surface area contributed by atoms with Crippen LogP contribution in [0.3, 0.4) is 0 Å². The Kier molecular flexibility index (Phi) is 19.9. The summed E-state index contributed by atoms with van der Waals surface area (Å²) in [4.78, 5) is 0. The monoisotopic (exact) mass is 308 g/mol. The standard InChI is InChI=1S/C21H40O/c1-2-3-4-5-6-7-8-9-10-11-12-13-14-15-16-17-18-19-20-21-22/h17-20,22H,2-16,21H2,1H3. The molecular formula is C21H40O. The van der Waals surface area contributed by atoms with Gasteiger partial charge in [0.2, 0.25) is 0 Å². The highest BCUT2D eigenvalue weighted by atomic mass is 16.2. The van der Waals surface area contributed by atoms with Crippen LogP contribution in [0.25, 0.3) is 0 Å². The molecular weight excluding hydrogens is 268 g/mol. The first-order valence-electron chi connectivity index (χ1n) is 9.84. The Labute approximate surface area is 139 Å². The molecule has 0 radical (unpaired) electrons. The Balaban J connectivity index is 3.02. The molecule has 0 atom stereocenters. The molecule has 0 aromatic carbocycles. The van der Waals surface area contributed by atoms with E-state index in [1.807, 2.05) is 12.2 Å². The van der Waals surface area contributed by atoms with Gasteiger partial charge in [0.1, 0.15) is 0 Å². The molecule has 0 bridgehead atoms. The van der Waals surface area contributed by atoms with Gasteiger partial charge in [-0.2, -0.15) is 0 Å². The SMILES string of the molecule is CCCCCCCCCCCCCCCCC=CC=CCO. The van der Waals surface area contributed by atoms with Gasteiger partial charge in [-0.3, -0.25) is 0 Å². The summed E-state index contributed by atoms with van der Waals surface area (Å²) >= 11 is 0. The molecule has 0 rings (SSSR count). The van der Waals surface area contributed by atoms with E-state index in [4.69, 9.17) is 5.11 Å². The second-order valence-corrected chi connectivity index (χ2v) is 6.42. The lowest BCUT2D eigenvalue weighted by Crippen LogP contribution is -1.83. The maximum absolute atomic E-state index is 8.58. The molecule has 1 heteroatoms. The second kappa shape index (κ2) is 20.4. The predicted molar refractivity (Wildman–Crippen MR) is 100 cm³/mol. The molecule has 0 aliphatic rings. The van der Waals surface area contributed by atoms with Gasteiger partial charge in [0.15, 0.2) is 0 Å². The summed E-state index contributed by atoms with van der Waals surface area (Å²) in [6.45, 7) is 2.43. The molecule has 0 saturated heterocycles. The third kappa shape index (κ3) is 19.4. The van der Waals surface area contributed by atoms with Crippen LogP contribution in [0.2, 0.25) is 0 Å². The molecule has 130 valence electrons. The highest BCUT2D eigenvalue weighted by Crippen LogP contribution is 2.13. The number of aliphatic hydroxyl groups excluding tert-OH is 1. The van der Waals surface area contributed by atoms with Gasteiger partial charge in [-0.15, -0.1) is 0 Å². The van der Waals surface area contributed by atoms with E-state index in [1.165, 1.54) is 96.3 Å². The molecule has 0 heterocycles. The van der Waals surface area contributed by atoms with Crippen LogP contribution in [-0.2, 0) is 0 Å². The predicted octanol–water partition coefficient (Wildman–Crippen LogP) is 6.96. The van der Waals surface area contributed by atoms with Crippen molar-refractivity contribution in [3.8, 4) is 0 Å². The lowest BCUT2D eigenvalue weighted by molar-refractivity contribution is 0.343. The fraction of sp³-hybridized carbons (Fsp3) is 0.810. The zero-order valence-electron chi connectivity index (χ0n) is 15.1. The average Bonchev–Trinajstić information content (AvgIpc) is 2.54. The molecule has 22 heavy (non-hydrogen) atoms. The second-order valence-electron chi connectivity index (χ2n) is 6.42. The zero-order chi connectivity index (χ0) is 16.1. The number of hydrogen-bond acceptors (Lipinski definition) is 1. The normalized spacial score (nSPS) is 11.9. The Morgan fingerprint density at radius 3 is 1.41 bits per heavy atom. The van der Waals surface area contributed by atoms with E-state index in [9.17, 15) is 0 Å². The third-order valence-corrected chi connectivity index (χ3v) is 4.21. The largest absolute Gasteiger partial charge is 0.392 e. The van der Waals surface area contributed by atoms with Crippen molar-refractivity contribution in [3.63, 3.8) is 0 Å². The van der Waals surface area contributed by atoms with Crippen molar-refractivity contribution in [2.75, 3.05) is 6.61 Å². The molecule has 0 aliphatic heterocycles. The smallest absolute Gasteiger partial charge is 0.0615 e. The number of rotatable bonds is 17. The van der Waals surface area contributed by atoms with Gasteiger partial charge in [-0.25, -0.2) is 0 Å². The molecule has 0 saturated carbocycles. The van der Waals surface area contributed by atoms with Crippen LogP contribution in [0.15, 0.2) is 24.3 Å². The van der Waals surface area contributed by atoms with Gasteiger partial charge in [0.05, 0.1) is 6.61 Å². The van der Waals surface area contributed by atoms with Gasteiger partial charge < -0.3 is 5.11 Å². The Morgan fingerprint density at radius 2 is 0.955 bits per heavy atom. The summed E-state index contributed by atoms with van der Waals surface area (Å²) < 4.78 is 0. The van der Waals surface area contributed by atoms with Crippen LogP contribution in [0, 0.1) is 0 Å². The summed E-state index contributed by atoms with van der Waals surface area (Å²) in [5.41, 5.74) is 0. The van der Waals surface area contributed by atoms with Crippen LogP contribution >= 0.6 is 0 Å². The van der Waals surface area contributed by atoms with Crippen molar-refractivity contribution >= 4 is 0 Å². The Hall–Kier alpha value is -0.560. The Bertz CT molecular complexity index is 242. The lowest BCUT2D eigenvalue weighted by atomic mass is 10.0. The van der Waals surface area contributed by atoms with Crippen molar-refractivity contribution in [1.82, 2.24) is 0 Å². The topological polar surface area (TPSA) is 20.2 Å². The van der Waals surface area contributed by atoms with Gasteiger partial charge in [-0.05, 0) is 12.8 Å². The van der Waals surface area contributed by atoms with Crippen molar-refractivity contribution in [2.24, 2.45) is 0 Å². The van der Waals surface area contributed by atoms with E-state index in [0.717, 1.165) is 0 Å². The number of allylic oxidation sites excluding steroid dienone is 3. The first kappa shape index (κ1) is 21.4. The Morgan fingerprint density at radius 1 is 0.545 bits per heavy atom. The fourth-order valence-corrected chi connectivity index (χ4v) is 2.77. The van der Waals surface area contributed by atoms with Gasteiger partial charge in [0.25, 0.3) is 0 Å². The third-order valence-electron chi connectivity index (χ3n) is 4.21. The molecule has 0 unspecified atom stereocenters. The molecule has 1 N–H and O–H groups in total. The van der Waals surface area contributed by atoms with Crippen molar-refractivity contribution < 1.29 is 5.11 Å². The first-order valence-corrected chi connectivity index (χ1v) is 9.84. The molecule has 0 aromatic heterocycles. The van der Waals surface area contributed by atoms with Gasteiger partial charge in [-0.1, -0.05) is 115 Å².